The zero-order valence-electron chi connectivity index (χ0n) is 14.6. The lowest BCUT2D eigenvalue weighted by atomic mass is 10.1. The number of rotatable bonds is 8. The van der Waals surface area contributed by atoms with E-state index in [0.717, 1.165) is 11.1 Å². The highest BCUT2D eigenvalue weighted by Crippen LogP contribution is 2.29. The molecule has 0 unspecified atom stereocenters. The van der Waals surface area contributed by atoms with Crippen LogP contribution in [0.25, 0.3) is 10.8 Å². The van der Waals surface area contributed by atoms with Gasteiger partial charge in [-0.2, -0.15) is 0 Å². The highest BCUT2D eigenvalue weighted by Gasteiger charge is 2.18. The van der Waals surface area contributed by atoms with Gasteiger partial charge in [-0.25, -0.2) is 13.1 Å². The zero-order chi connectivity index (χ0) is 18.4. The summed E-state index contributed by atoms with van der Waals surface area (Å²) in [4.78, 5) is 13.4. The van der Waals surface area contributed by atoms with Crippen LogP contribution < -0.4 is 14.9 Å². The number of carbonyl (C=O) groups is 1. The van der Waals surface area contributed by atoms with Crippen LogP contribution in [0.5, 0.6) is 0 Å². The minimum atomic E-state index is -3.72. The van der Waals surface area contributed by atoms with Crippen LogP contribution in [0.3, 0.4) is 0 Å². The van der Waals surface area contributed by atoms with Crippen LogP contribution in [-0.4, -0.2) is 55.2 Å². The Morgan fingerprint density at radius 2 is 1.80 bits per heavy atom. The van der Waals surface area contributed by atoms with Gasteiger partial charge in [0, 0.05) is 37.1 Å². The minimum Gasteiger partial charge on any atom is -0.463 e. The van der Waals surface area contributed by atoms with E-state index in [0.29, 0.717) is 5.39 Å². The van der Waals surface area contributed by atoms with Gasteiger partial charge in [-0.3, -0.25) is 4.79 Å². The summed E-state index contributed by atoms with van der Waals surface area (Å²) < 4.78 is 32.6. The summed E-state index contributed by atoms with van der Waals surface area (Å²) in [6, 6.07) is 10.7. The second-order valence-electron chi connectivity index (χ2n) is 5.67. The molecule has 7 nitrogen and oxygen atoms in total. The second kappa shape index (κ2) is 8.28. The Hall–Kier alpha value is -2.16. The molecule has 25 heavy (non-hydrogen) atoms. The lowest BCUT2D eigenvalue weighted by Gasteiger charge is -2.17. The zero-order valence-corrected chi connectivity index (χ0v) is 15.4. The van der Waals surface area contributed by atoms with Crippen LogP contribution in [-0.2, 0) is 19.6 Å². The summed E-state index contributed by atoms with van der Waals surface area (Å²) in [5, 5.41) is 4.17. The van der Waals surface area contributed by atoms with Crippen molar-refractivity contribution in [3.63, 3.8) is 0 Å². The van der Waals surface area contributed by atoms with Crippen LogP contribution in [0.2, 0.25) is 0 Å². The first-order chi connectivity index (χ1) is 11.9. The van der Waals surface area contributed by atoms with Crippen LogP contribution in [0.4, 0.5) is 5.69 Å². The summed E-state index contributed by atoms with van der Waals surface area (Å²) in [7, 11) is 1.74. The number of nitrogens with one attached hydrogen (secondary N) is 2. The average molecular weight is 365 g/mol. The van der Waals surface area contributed by atoms with Gasteiger partial charge >= 0.3 is 5.97 Å². The third-order valence-electron chi connectivity index (χ3n) is 3.61. The summed E-state index contributed by atoms with van der Waals surface area (Å²) in [5.74, 6) is -0.428. The first-order valence-corrected chi connectivity index (χ1v) is 9.34. The SMILES string of the molecule is CNCC(=O)OCCNS(=O)(=O)c1cccc2c(N(C)C)cccc12. The van der Waals surface area contributed by atoms with Crippen LogP contribution in [0, 0.1) is 0 Å². The molecule has 0 fully saturated rings. The Balaban J connectivity index is 2.19. The molecule has 0 amide bonds. The van der Waals surface area contributed by atoms with Crippen molar-refractivity contribution in [1.29, 1.82) is 0 Å². The summed E-state index contributed by atoms with van der Waals surface area (Å²) in [6.07, 6.45) is 0. The van der Waals surface area contributed by atoms with Gasteiger partial charge in [-0.05, 0) is 19.2 Å². The topological polar surface area (TPSA) is 87.7 Å². The number of esters is 1. The summed E-state index contributed by atoms with van der Waals surface area (Å²) >= 11 is 0. The Bertz CT molecular complexity index is 850. The molecular formula is C17H23N3O4S. The molecule has 0 spiro atoms. The number of sulfonamides is 1. The van der Waals surface area contributed by atoms with Crippen molar-refractivity contribution in [1.82, 2.24) is 10.0 Å². The van der Waals surface area contributed by atoms with E-state index >= 15 is 0 Å². The van der Waals surface area contributed by atoms with E-state index in [1.807, 2.05) is 37.2 Å². The number of hydrogen-bond acceptors (Lipinski definition) is 6. The first-order valence-electron chi connectivity index (χ1n) is 7.86. The highest BCUT2D eigenvalue weighted by atomic mass is 32.2. The number of likely N-dealkylation sites (N-methyl/N-ethyl adjacent to an activating group) is 1. The van der Waals surface area contributed by atoms with E-state index in [4.69, 9.17) is 4.74 Å². The van der Waals surface area contributed by atoms with Crippen molar-refractivity contribution in [3.05, 3.63) is 36.4 Å². The molecule has 2 aromatic rings. The van der Waals surface area contributed by atoms with E-state index in [9.17, 15) is 13.2 Å². The molecule has 0 radical (unpaired) electrons. The largest absolute Gasteiger partial charge is 0.463 e. The van der Waals surface area contributed by atoms with E-state index in [1.54, 1.807) is 25.2 Å². The molecule has 2 N–H and O–H groups in total. The highest BCUT2D eigenvalue weighted by molar-refractivity contribution is 7.89. The van der Waals surface area contributed by atoms with Crippen molar-refractivity contribution < 1.29 is 17.9 Å². The third-order valence-corrected chi connectivity index (χ3v) is 5.13. The van der Waals surface area contributed by atoms with Gasteiger partial charge in [-0.1, -0.05) is 24.3 Å². The maximum atomic E-state index is 12.6. The number of hydrogen-bond donors (Lipinski definition) is 2. The quantitative estimate of drug-likeness (QED) is 0.535. The molecule has 0 aliphatic heterocycles. The minimum absolute atomic E-state index is 0.0154. The lowest BCUT2D eigenvalue weighted by molar-refractivity contribution is -0.142. The fraction of sp³-hybridized carbons (Fsp3) is 0.353. The normalized spacial score (nSPS) is 11.5. The Kier molecular flexibility index (Phi) is 6.35. The molecule has 0 aliphatic carbocycles. The molecule has 0 atom stereocenters. The van der Waals surface area contributed by atoms with E-state index in [1.165, 1.54) is 0 Å². The Labute approximate surface area is 148 Å². The number of benzene rings is 2. The fourth-order valence-electron chi connectivity index (χ4n) is 2.50. The third kappa shape index (κ3) is 4.68. The monoisotopic (exact) mass is 365 g/mol. The van der Waals surface area contributed by atoms with Gasteiger partial charge in [0.1, 0.15) is 6.61 Å². The summed E-state index contributed by atoms with van der Waals surface area (Å²) in [5.41, 5.74) is 0.940. The molecule has 2 rings (SSSR count). The summed E-state index contributed by atoms with van der Waals surface area (Å²) in [6.45, 7) is 0.0817. The molecule has 0 heterocycles. The van der Waals surface area contributed by atoms with Gasteiger partial charge in [0.05, 0.1) is 11.4 Å². The molecular weight excluding hydrogens is 342 g/mol. The van der Waals surface area contributed by atoms with Crippen molar-refractivity contribution in [3.8, 4) is 0 Å². The van der Waals surface area contributed by atoms with Gasteiger partial charge in [0.25, 0.3) is 0 Å². The van der Waals surface area contributed by atoms with Gasteiger partial charge in [0.15, 0.2) is 0 Å². The van der Waals surface area contributed by atoms with Crippen LogP contribution >= 0.6 is 0 Å². The van der Waals surface area contributed by atoms with Gasteiger partial charge < -0.3 is 15.0 Å². The number of anilines is 1. The first kappa shape index (κ1) is 19.2. The molecule has 2 aromatic carbocycles. The van der Waals surface area contributed by atoms with Crippen LogP contribution in [0.15, 0.2) is 41.3 Å². The molecule has 0 saturated carbocycles. The standard InChI is InChI=1S/C17H23N3O4S/c1-18-12-17(21)24-11-10-19-25(22,23)16-9-5-6-13-14(16)7-4-8-15(13)20(2)3/h4-9,18-19H,10-12H2,1-3H3. The van der Waals surface area contributed by atoms with Crippen molar-refractivity contribution in [2.75, 3.05) is 45.7 Å². The van der Waals surface area contributed by atoms with Crippen LogP contribution in [0.1, 0.15) is 0 Å². The second-order valence-corrected chi connectivity index (χ2v) is 7.41. The molecule has 0 aromatic heterocycles. The molecule has 0 bridgehead atoms. The van der Waals surface area contributed by atoms with Gasteiger partial charge in [0.2, 0.25) is 10.0 Å². The van der Waals surface area contributed by atoms with Gasteiger partial charge in [-0.15, -0.1) is 0 Å². The van der Waals surface area contributed by atoms with E-state index in [-0.39, 0.29) is 24.6 Å². The number of ether oxygens (including phenoxy) is 1. The maximum Gasteiger partial charge on any atom is 0.319 e. The Morgan fingerprint density at radius 3 is 2.48 bits per heavy atom. The van der Waals surface area contributed by atoms with E-state index in [2.05, 4.69) is 10.0 Å². The smallest absolute Gasteiger partial charge is 0.319 e. The van der Waals surface area contributed by atoms with Crippen molar-refractivity contribution in [2.45, 2.75) is 4.90 Å². The Morgan fingerprint density at radius 1 is 1.12 bits per heavy atom. The number of carbonyl (C=O) groups excluding carboxylic acids is 1. The van der Waals surface area contributed by atoms with Crippen molar-refractivity contribution >= 4 is 32.5 Å². The molecule has 136 valence electrons. The lowest BCUT2D eigenvalue weighted by Crippen LogP contribution is -2.30. The number of nitrogens with zero attached hydrogens (tertiary/aromatic N) is 1. The fourth-order valence-corrected chi connectivity index (χ4v) is 3.74. The predicted molar refractivity (Wildman–Crippen MR) is 98.3 cm³/mol. The maximum absolute atomic E-state index is 12.6. The molecule has 0 aliphatic rings. The van der Waals surface area contributed by atoms with E-state index < -0.39 is 16.0 Å². The molecule has 0 saturated heterocycles. The number of fused-ring (bicyclic) bond motifs is 1. The average Bonchev–Trinajstić information content (AvgIpc) is 2.57. The molecule has 8 heteroatoms. The predicted octanol–water partition coefficient (Wildman–Crippen LogP) is 0.947. The van der Waals surface area contributed by atoms with Crippen molar-refractivity contribution in [2.24, 2.45) is 0 Å².